The van der Waals surface area contributed by atoms with E-state index in [9.17, 15) is 0 Å². The Morgan fingerprint density at radius 1 is 1.50 bits per heavy atom. The second-order valence-electron chi connectivity index (χ2n) is 3.13. The highest BCUT2D eigenvalue weighted by Gasteiger charge is 2.18. The van der Waals surface area contributed by atoms with Crippen molar-refractivity contribution in [3.63, 3.8) is 0 Å². The fourth-order valence-electron chi connectivity index (χ4n) is 1.29. The Labute approximate surface area is 91.2 Å². The Morgan fingerprint density at radius 3 is 2.88 bits per heavy atom. The number of hydrogen-bond donors (Lipinski definition) is 2. The monoisotopic (exact) mass is 224 g/mol. The van der Waals surface area contributed by atoms with Gasteiger partial charge in [0.25, 0.3) is 5.89 Å². The maximum atomic E-state index is 5.37. The van der Waals surface area contributed by atoms with Gasteiger partial charge < -0.3 is 15.0 Å². The Hall–Kier alpha value is -1.96. The normalized spacial score (nSPS) is 12.9. The average Bonchev–Trinajstić information content (AvgIpc) is 2.89. The van der Waals surface area contributed by atoms with Gasteiger partial charge in [-0.05, 0) is 6.42 Å². The fourth-order valence-corrected chi connectivity index (χ4v) is 1.29. The van der Waals surface area contributed by atoms with Gasteiger partial charge in [-0.2, -0.15) is 9.97 Å². The van der Waals surface area contributed by atoms with Crippen molar-refractivity contribution < 1.29 is 9.26 Å². The minimum atomic E-state index is -0.183. The number of methoxy groups -OCH3 is 1. The molecule has 2 heterocycles. The molecule has 1 atom stereocenters. The van der Waals surface area contributed by atoms with E-state index in [0.29, 0.717) is 11.6 Å². The molecule has 0 aliphatic rings. The molecule has 0 radical (unpaired) electrons. The SMILES string of the molecule is CCC(OC)c1noc(-c2nc(N)n[nH]2)n1. The van der Waals surface area contributed by atoms with Crippen LogP contribution >= 0.6 is 0 Å². The van der Waals surface area contributed by atoms with Gasteiger partial charge in [0.15, 0.2) is 0 Å². The van der Waals surface area contributed by atoms with Gasteiger partial charge in [0.1, 0.15) is 6.10 Å². The number of nitrogens with zero attached hydrogens (tertiary/aromatic N) is 4. The molecule has 2 aromatic heterocycles. The summed E-state index contributed by atoms with van der Waals surface area (Å²) in [4.78, 5) is 8.02. The van der Waals surface area contributed by atoms with Gasteiger partial charge >= 0.3 is 0 Å². The van der Waals surface area contributed by atoms with Crippen molar-refractivity contribution in [3.05, 3.63) is 5.82 Å². The molecule has 0 saturated carbocycles. The Bertz CT molecular complexity index is 461. The van der Waals surface area contributed by atoms with Crippen LogP contribution in [0.15, 0.2) is 4.52 Å². The average molecular weight is 224 g/mol. The van der Waals surface area contributed by atoms with Crippen LogP contribution in [0.1, 0.15) is 25.3 Å². The van der Waals surface area contributed by atoms with Crippen LogP contribution < -0.4 is 5.73 Å². The lowest BCUT2D eigenvalue weighted by atomic mass is 10.3. The van der Waals surface area contributed by atoms with Gasteiger partial charge in [-0.15, -0.1) is 5.10 Å². The third kappa shape index (κ3) is 1.87. The van der Waals surface area contributed by atoms with Crippen LogP contribution in [-0.4, -0.2) is 32.4 Å². The van der Waals surface area contributed by atoms with Crippen LogP contribution in [0.25, 0.3) is 11.7 Å². The zero-order chi connectivity index (χ0) is 11.5. The molecule has 0 aliphatic heterocycles. The molecular formula is C8H12N6O2. The number of anilines is 1. The molecule has 0 aromatic carbocycles. The van der Waals surface area contributed by atoms with E-state index in [2.05, 4.69) is 25.3 Å². The van der Waals surface area contributed by atoms with Gasteiger partial charge in [0.2, 0.25) is 17.6 Å². The van der Waals surface area contributed by atoms with Gasteiger partial charge in [0, 0.05) is 7.11 Å². The quantitative estimate of drug-likeness (QED) is 0.778. The van der Waals surface area contributed by atoms with Crippen molar-refractivity contribution in [2.75, 3.05) is 12.8 Å². The van der Waals surface area contributed by atoms with E-state index in [0.717, 1.165) is 6.42 Å². The molecule has 16 heavy (non-hydrogen) atoms. The molecule has 0 amide bonds. The summed E-state index contributed by atoms with van der Waals surface area (Å²) in [7, 11) is 1.59. The van der Waals surface area contributed by atoms with Crippen LogP contribution in [0, 0.1) is 0 Å². The standard InChI is InChI=1S/C8H12N6O2/c1-3-4(15-2)5-10-7(16-14-5)6-11-8(9)13-12-6/h4H,3H2,1-2H3,(H3,9,11,12,13). The molecule has 0 bridgehead atoms. The number of rotatable bonds is 4. The van der Waals surface area contributed by atoms with Crippen molar-refractivity contribution in [2.45, 2.75) is 19.4 Å². The predicted molar refractivity (Wildman–Crippen MR) is 54.1 cm³/mol. The van der Waals surface area contributed by atoms with Crippen LogP contribution in [0.3, 0.4) is 0 Å². The minimum absolute atomic E-state index is 0.133. The van der Waals surface area contributed by atoms with E-state index in [1.54, 1.807) is 7.11 Å². The van der Waals surface area contributed by atoms with Crippen LogP contribution in [-0.2, 0) is 4.74 Å². The number of aromatic amines is 1. The second-order valence-corrected chi connectivity index (χ2v) is 3.13. The first kappa shape index (κ1) is 10.6. The van der Waals surface area contributed by atoms with E-state index in [4.69, 9.17) is 15.0 Å². The van der Waals surface area contributed by atoms with Crippen molar-refractivity contribution in [3.8, 4) is 11.7 Å². The zero-order valence-electron chi connectivity index (χ0n) is 8.97. The number of aromatic nitrogens is 5. The number of hydrogen-bond acceptors (Lipinski definition) is 7. The van der Waals surface area contributed by atoms with E-state index >= 15 is 0 Å². The third-order valence-corrected chi connectivity index (χ3v) is 2.09. The smallest absolute Gasteiger partial charge is 0.295 e. The lowest BCUT2D eigenvalue weighted by Crippen LogP contribution is -2.01. The summed E-state index contributed by atoms with van der Waals surface area (Å²) in [5.74, 6) is 1.21. The highest BCUT2D eigenvalue weighted by molar-refractivity contribution is 5.41. The van der Waals surface area contributed by atoms with Crippen LogP contribution in [0.5, 0.6) is 0 Å². The molecule has 0 spiro atoms. The molecule has 0 aliphatic carbocycles. The van der Waals surface area contributed by atoms with E-state index in [1.165, 1.54) is 0 Å². The molecule has 1 unspecified atom stereocenters. The molecule has 2 aromatic rings. The molecular weight excluding hydrogens is 212 g/mol. The van der Waals surface area contributed by atoms with Gasteiger partial charge in [-0.25, -0.2) is 0 Å². The third-order valence-electron chi connectivity index (χ3n) is 2.09. The number of H-pyrrole nitrogens is 1. The highest BCUT2D eigenvalue weighted by atomic mass is 16.5. The first-order valence-corrected chi connectivity index (χ1v) is 4.79. The fraction of sp³-hybridized carbons (Fsp3) is 0.500. The van der Waals surface area contributed by atoms with Crippen molar-refractivity contribution in [2.24, 2.45) is 0 Å². The van der Waals surface area contributed by atoms with E-state index < -0.39 is 0 Å². The summed E-state index contributed by atoms with van der Waals surface area (Å²) in [6.07, 6.45) is 0.575. The largest absolute Gasteiger partial charge is 0.373 e. The van der Waals surface area contributed by atoms with E-state index in [1.807, 2.05) is 6.92 Å². The Balaban J connectivity index is 2.25. The van der Waals surface area contributed by atoms with Crippen LogP contribution in [0.2, 0.25) is 0 Å². The highest BCUT2D eigenvalue weighted by Crippen LogP contribution is 2.20. The molecule has 86 valence electrons. The Morgan fingerprint density at radius 2 is 2.31 bits per heavy atom. The lowest BCUT2D eigenvalue weighted by molar-refractivity contribution is 0.0903. The molecule has 3 N–H and O–H groups in total. The minimum Gasteiger partial charge on any atom is -0.373 e. The lowest BCUT2D eigenvalue weighted by Gasteiger charge is -2.05. The number of nitrogens with two attached hydrogens (primary N) is 1. The molecule has 8 nitrogen and oxygen atoms in total. The number of nitrogens with one attached hydrogen (secondary N) is 1. The number of nitrogen functional groups attached to an aromatic ring is 1. The van der Waals surface area contributed by atoms with Gasteiger partial charge in [0.05, 0.1) is 0 Å². The van der Waals surface area contributed by atoms with Gasteiger partial charge in [-0.1, -0.05) is 12.1 Å². The molecule has 0 saturated heterocycles. The summed E-state index contributed by atoms with van der Waals surface area (Å²) in [5.41, 5.74) is 5.37. The van der Waals surface area contributed by atoms with E-state index in [-0.39, 0.29) is 17.9 Å². The van der Waals surface area contributed by atoms with Crippen molar-refractivity contribution >= 4 is 5.95 Å². The number of ether oxygens (including phenoxy) is 1. The van der Waals surface area contributed by atoms with Crippen LogP contribution in [0.4, 0.5) is 5.95 Å². The maximum absolute atomic E-state index is 5.37. The molecule has 2 rings (SSSR count). The summed E-state index contributed by atoms with van der Waals surface area (Å²) in [5, 5.41) is 10.1. The maximum Gasteiger partial charge on any atom is 0.295 e. The predicted octanol–water partition coefficient (Wildman–Crippen LogP) is 0.534. The van der Waals surface area contributed by atoms with Gasteiger partial charge in [-0.3, -0.25) is 5.10 Å². The summed E-state index contributed by atoms with van der Waals surface area (Å²) in [6, 6.07) is 0. The first-order chi connectivity index (χ1) is 7.74. The summed E-state index contributed by atoms with van der Waals surface area (Å²) in [6.45, 7) is 1.97. The Kier molecular flexibility index (Phi) is 2.82. The summed E-state index contributed by atoms with van der Waals surface area (Å²) >= 11 is 0. The molecule has 8 heteroatoms. The molecule has 0 fully saturated rings. The first-order valence-electron chi connectivity index (χ1n) is 4.79. The topological polar surface area (TPSA) is 116 Å². The second kappa shape index (κ2) is 4.27. The summed E-state index contributed by atoms with van der Waals surface area (Å²) < 4.78 is 10.2. The van der Waals surface area contributed by atoms with Crippen molar-refractivity contribution in [1.82, 2.24) is 25.3 Å². The zero-order valence-corrected chi connectivity index (χ0v) is 8.97. The van der Waals surface area contributed by atoms with Crippen molar-refractivity contribution in [1.29, 1.82) is 0 Å².